The van der Waals surface area contributed by atoms with Crippen LogP contribution >= 0.6 is 27.5 Å². The molecule has 100 valence electrons. The van der Waals surface area contributed by atoms with E-state index in [-0.39, 0.29) is 10.3 Å². The van der Waals surface area contributed by atoms with E-state index < -0.39 is 10.0 Å². The van der Waals surface area contributed by atoms with Gasteiger partial charge >= 0.3 is 0 Å². The van der Waals surface area contributed by atoms with Crippen molar-refractivity contribution in [1.29, 1.82) is 0 Å². The zero-order valence-corrected chi connectivity index (χ0v) is 12.9. The van der Waals surface area contributed by atoms with Crippen LogP contribution in [0.1, 0.15) is 19.3 Å². The molecular formula is C12H15BrClNO2S. The fraction of sp³-hybridized carbons (Fsp3) is 0.500. The SMILES string of the molecule is O=S(=O)(NCC1CCC(Cl)C1)c1cccc(Br)c1. The second-order valence-electron chi connectivity index (χ2n) is 4.59. The molecule has 1 aromatic rings. The Morgan fingerprint density at radius 3 is 2.78 bits per heavy atom. The summed E-state index contributed by atoms with van der Waals surface area (Å²) >= 11 is 9.28. The number of hydrogen-bond acceptors (Lipinski definition) is 2. The molecule has 0 amide bonds. The molecular weight excluding hydrogens is 338 g/mol. The predicted octanol–water partition coefficient (Wildman–Crippen LogP) is 3.13. The summed E-state index contributed by atoms with van der Waals surface area (Å²) in [5.74, 6) is 0.356. The minimum Gasteiger partial charge on any atom is -0.211 e. The Morgan fingerprint density at radius 2 is 2.17 bits per heavy atom. The van der Waals surface area contributed by atoms with Crippen LogP contribution in [0, 0.1) is 5.92 Å². The van der Waals surface area contributed by atoms with Crippen molar-refractivity contribution in [3.05, 3.63) is 28.7 Å². The molecule has 0 saturated heterocycles. The van der Waals surface area contributed by atoms with Crippen molar-refractivity contribution < 1.29 is 8.42 Å². The molecule has 6 heteroatoms. The van der Waals surface area contributed by atoms with Crippen LogP contribution in [-0.4, -0.2) is 20.3 Å². The molecule has 1 aliphatic rings. The first-order valence-corrected chi connectivity index (χ1v) is 8.58. The van der Waals surface area contributed by atoms with Gasteiger partial charge in [-0.3, -0.25) is 0 Å². The van der Waals surface area contributed by atoms with Crippen molar-refractivity contribution in [1.82, 2.24) is 4.72 Å². The normalized spacial score (nSPS) is 24.3. The largest absolute Gasteiger partial charge is 0.240 e. The van der Waals surface area contributed by atoms with Crippen LogP contribution in [0.25, 0.3) is 0 Å². The van der Waals surface area contributed by atoms with Gasteiger partial charge in [0.15, 0.2) is 0 Å². The Hall–Kier alpha value is -0.100. The van der Waals surface area contributed by atoms with Gasteiger partial charge in [0.05, 0.1) is 4.90 Å². The van der Waals surface area contributed by atoms with Gasteiger partial charge in [0, 0.05) is 16.4 Å². The van der Waals surface area contributed by atoms with E-state index in [1.807, 2.05) is 0 Å². The van der Waals surface area contributed by atoms with Crippen molar-refractivity contribution in [3.8, 4) is 0 Å². The van der Waals surface area contributed by atoms with Gasteiger partial charge in [-0.25, -0.2) is 13.1 Å². The number of rotatable bonds is 4. The summed E-state index contributed by atoms with van der Waals surface area (Å²) in [4.78, 5) is 0.289. The van der Waals surface area contributed by atoms with Crippen molar-refractivity contribution >= 4 is 37.6 Å². The van der Waals surface area contributed by atoms with E-state index in [1.165, 1.54) is 0 Å². The fourth-order valence-electron chi connectivity index (χ4n) is 2.14. The van der Waals surface area contributed by atoms with Gasteiger partial charge in [-0.1, -0.05) is 22.0 Å². The van der Waals surface area contributed by atoms with E-state index in [9.17, 15) is 8.42 Å². The van der Waals surface area contributed by atoms with Crippen LogP contribution in [0.3, 0.4) is 0 Å². The smallest absolute Gasteiger partial charge is 0.211 e. The van der Waals surface area contributed by atoms with E-state index in [2.05, 4.69) is 20.7 Å². The van der Waals surface area contributed by atoms with Crippen LogP contribution in [0.2, 0.25) is 0 Å². The molecule has 18 heavy (non-hydrogen) atoms. The van der Waals surface area contributed by atoms with E-state index >= 15 is 0 Å². The first-order chi connectivity index (χ1) is 8.47. The Kier molecular flexibility index (Phi) is 4.69. The highest BCUT2D eigenvalue weighted by Gasteiger charge is 2.24. The first kappa shape index (κ1) is 14.3. The van der Waals surface area contributed by atoms with Gasteiger partial charge < -0.3 is 0 Å². The third kappa shape index (κ3) is 3.70. The molecule has 1 aliphatic carbocycles. The van der Waals surface area contributed by atoms with Gasteiger partial charge in [0.1, 0.15) is 0 Å². The van der Waals surface area contributed by atoms with Crippen LogP contribution in [0.4, 0.5) is 0 Å². The summed E-state index contributed by atoms with van der Waals surface area (Å²) in [6.45, 7) is 0.470. The average Bonchev–Trinajstić information content (AvgIpc) is 2.73. The Labute approximate surface area is 121 Å². The van der Waals surface area contributed by atoms with Gasteiger partial charge in [-0.15, -0.1) is 11.6 Å². The summed E-state index contributed by atoms with van der Waals surface area (Å²) in [6.07, 6.45) is 2.86. The lowest BCUT2D eigenvalue weighted by atomic mass is 10.1. The quantitative estimate of drug-likeness (QED) is 0.846. The van der Waals surface area contributed by atoms with Crippen molar-refractivity contribution in [2.45, 2.75) is 29.5 Å². The van der Waals surface area contributed by atoms with Crippen molar-refractivity contribution in [2.75, 3.05) is 6.54 Å². The topological polar surface area (TPSA) is 46.2 Å². The lowest BCUT2D eigenvalue weighted by Gasteiger charge is -2.11. The van der Waals surface area contributed by atoms with E-state index in [4.69, 9.17) is 11.6 Å². The molecule has 2 rings (SSSR count). The maximum Gasteiger partial charge on any atom is 0.240 e. The lowest BCUT2D eigenvalue weighted by Crippen LogP contribution is -2.28. The van der Waals surface area contributed by atoms with Gasteiger partial charge in [0.25, 0.3) is 0 Å². The summed E-state index contributed by atoms with van der Waals surface area (Å²) in [5.41, 5.74) is 0. The molecule has 0 spiro atoms. The fourth-order valence-corrected chi connectivity index (χ4v) is 4.23. The second kappa shape index (κ2) is 5.90. The molecule has 3 nitrogen and oxygen atoms in total. The third-order valence-corrected chi connectivity index (χ3v) is 5.46. The van der Waals surface area contributed by atoms with Crippen LogP contribution in [0.5, 0.6) is 0 Å². The zero-order valence-electron chi connectivity index (χ0n) is 9.77. The van der Waals surface area contributed by atoms with E-state index in [0.717, 1.165) is 23.7 Å². The Morgan fingerprint density at radius 1 is 1.39 bits per heavy atom. The van der Waals surface area contributed by atoms with Gasteiger partial charge in [-0.2, -0.15) is 0 Å². The standard InChI is InChI=1S/C12H15BrClNO2S/c13-10-2-1-3-12(7-10)18(16,17)15-8-9-4-5-11(14)6-9/h1-3,7,9,11,15H,4-6,8H2. The first-order valence-electron chi connectivity index (χ1n) is 5.86. The number of hydrogen-bond donors (Lipinski definition) is 1. The summed E-state index contributed by atoms with van der Waals surface area (Å²) in [5, 5.41) is 0.199. The Balaban J connectivity index is 1.99. The number of halogens is 2. The van der Waals surface area contributed by atoms with E-state index in [0.29, 0.717) is 12.5 Å². The van der Waals surface area contributed by atoms with Crippen molar-refractivity contribution in [3.63, 3.8) is 0 Å². The maximum absolute atomic E-state index is 12.1. The maximum atomic E-state index is 12.1. The van der Waals surface area contributed by atoms with Crippen LogP contribution < -0.4 is 4.72 Å². The number of sulfonamides is 1. The Bertz CT molecular complexity index is 521. The summed E-state index contributed by atoms with van der Waals surface area (Å²) < 4.78 is 27.5. The number of nitrogens with one attached hydrogen (secondary N) is 1. The molecule has 1 fully saturated rings. The van der Waals surface area contributed by atoms with Crippen molar-refractivity contribution in [2.24, 2.45) is 5.92 Å². The summed E-state index contributed by atoms with van der Waals surface area (Å²) in [6, 6.07) is 6.70. The molecule has 0 bridgehead atoms. The minimum atomic E-state index is -3.41. The van der Waals surface area contributed by atoms with Gasteiger partial charge in [-0.05, 0) is 43.4 Å². The second-order valence-corrected chi connectivity index (χ2v) is 7.89. The van der Waals surface area contributed by atoms with E-state index in [1.54, 1.807) is 24.3 Å². The third-order valence-electron chi connectivity index (χ3n) is 3.15. The molecule has 0 aliphatic heterocycles. The zero-order chi connectivity index (χ0) is 13.2. The highest BCUT2D eigenvalue weighted by atomic mass is 79.9. The molecule has 2 unspecified atom stereocenters. The number of benzene rings is 1. The average molecular weight is 353 g/mol. The molecule has 2 atom stereocenters. The minimum absolute atomic E-state index is 0.199. The lowest BCUT2D eigenvalue weighted by molar-refractivity contribution is 0.520. The van der Waals surface area contributed by atoms with Crippen LogP contribution in [-0.2, 0) is 10.0 Å². The molecule has 0 heterocycles. The number of alkyl halides is 1. The summed E-state index contributed by atoms with van der Waals surface area (Å²) in [7, 11) is -3.41. The molecule has 1 aromatic carbocycles. The molecule has 0 aromatic heterocycles. The molecule has 0 radical (unpaired) electrons. The van der Waals surface area contributed by atoms with Gasteiger partial charge in [0.2, 0.25) is 10.0 Å². The predicted molar refractivity (Wildman–Crippen MR) is 76.3 cm³/mol. The molecule has 1 saturated carbocycles. The van der Waals surface area contributed by atoms with Crippen LogP contribution in [0.15, 0.2) is 33.6 Å². The monoisotopic (exact) mass is 351 g/mol. The molecule has 1 N–H and O–H groups in total. The highest BCUT2D eigenvalue weighted by Crippen LogP contribution is 2.29. The highest BCUT2D eigenvalue weighted by molar-refractivity contribution is 9.10.